The largest absolute Gasteiger partial charge is 0.337 e. The second-order valence-electron chi connectivity index (χ2n) is 7.99. The number of carbonyl (C=O) groups is 1. The number of carbonyl (C=O) groups excluding carboxylic acids is 1. The molecule has 2 aromatic heterocycles. The van der Waals surface area contributed by atoms with Gasteiger partial charge in [0.05, 0.1) is 17.6 Å². The highest BCUT2D eigenvalue weighted by Crippen LogP contribution is 2.36. The van der Waals surface area contributed by atoms with Crippen LogP contribution in [-0.4, -0.2) is 25.7 Å². The van der Waals surface area contributed by atoms with Gasteiger partial charge in [0, 0.05) is 41.8 Å². The second-order valence-corrected chi connectivity index (χ2v) is 7.99. The number of benzene rings is 2. The van der Waals surface area contributed by atoms with Gasteiger partial charge >= 0.3 is 0 Å². The predicted octanol–water partition coefficient (Wildman–Crippen LogP) is 6.50. The summed E-state index contributed by atoms with van der Waals surface area (Å²) in [6, 6.07) is 6.47. The molecule has 8 nitrogen and oxygen atoms in total. The first-order chi connectivity index (χ1) is 18.1. The van der Waals surface area contributed by atoms with E-state index in [-0.39, 0.29) is 34.3 Å². The number of hydrogen-bond donors (Lipinski definition) is 3. The Labute approximate surface area is 213 Å². The SMILES string of the molecule is C=CC(=O)Nc1ccc(F)c(Nc2nc(Nc3cnn(C)c3)ncc2-c2cc(C(F)F)cc(C(F)F)c2)c1. The summed E-state index contributed by atoms with van der Waals surface area (Å²) < 4.78 is 70.2. The molecule has 0 atom stereocenters. The molecule has 38 heavy (non-hydrogen) atoms. The van der Waals surface area contributed by atoms with Gasteiger partial charge in [-0.15, -0.1) is 0 Å². The molecular formula is C25H20F5N7O. The molecule has 2 heterocycles. The highest BCUT2D eigenvalue weighted by molar-refractivity contribution is 5.99. The second kappa shape index (κ2) is 11.1. The lowest BCUT2D eigenvalue weighted by Crippen LogP contribution is -2.08. The lowest BCUT2D eigenvalue weighted by molar-refractivity contribution is -0.111. The number of anilines is 5. The number of alkyl halides is 4. The van der Waals surface area contributed by atoms with Crippen LogP contribution in [0.25, 0.3) is 11.1 Å². The zero-order valence-electron chi connectivity index (χ0n) is 19.7. The van der Waals surface area contributed by atoms with Gasteiger partial charge in [-0.05, 0) is 48.0 Å². The van der Waals surface area contributed by atoms with Crippen LogP contribution in [0.3, 0.4) is 0 Å². The number of amides is 1. The van der Waals surface area contributed by atoms with Gasteiger partial charge in [0.15, 0.2) is 0 Å². The quantitative estimate of drug-likeness (QED) is 0.169. The highest BCUT2D eigenvalue weighted by atomic mass is 19.3. The lowest BCUT2D eigenvalue weighted by atomic mass is 10.0. The summed E-state index contributed by atoms with van der Waals surface area (Å²) >= 11 is 0. The van der Waals surface area contributed by atoms with E-state index in [1.807, 2.05) is 0 Å². The maximum absolute atomic E-state index is 14.7. The molecule has 0 aliphatic carbocycles. The van der Waals surface area contributed by atoms with Gasteiger partial charge in [-0.25, -0.2) is 26.9 Å². The van der Waals surface area contributed by atoms with Crippen LogP contribution in [0.15, 0.2) is 67.6 Å². The van der Waals surface area contributed by atoms with Crippen LogP contribution in [0.1, 0.15) is 24.0 Å². The van der Waals surface area contributed by atoms with Crippen molar-refractivity contribution in [3.05, 3.63) is 84.6 Å². The van der Waals surface area contributed by atoms with Gasteiger partial charge < -0.3 is 16.0 Å². The molecule has 1 amide bonds. The van der Waals surface area contributed by atoms with E-state index in [9.17, 15) is 26.7 Å². The number of aryl methyl sites for hydroxylation is 1. The van der Waals surface area contributed by atoms with E-state index in [1.54, 1.807) is 13.2 Å². The van der Waals surface area contributed by atoms with Crippen LogP contribution in [0, 0.1) is 5.82 Å². The number of nitrogens with zero attached hydrogens (tertiary/aromatic N) is 4. The molecule has 0 saturated carbocycles. The Morgan fingerprint density at radius 3 is 2.32 bits per heavy atom. The number of nitrogens with one attached hydrogen (secondary N) is 3. The molecule has 0 bridgehead atoms. The number of hydrogen-bond acceptors (Lipinski definition) is 6. The molecular weight excluding hydrogens is 509 g/mol. The van der Waals surface area contributed by atoms with Gasteiger partial charge in [0.2, 0.25) is 11.9 Å². The van der Waals surface area contributed by atoms with Gasteiger partial charge in [-0.1, -0.05) is 6.58 Å². The van der Waals surface area contributed by atoms with E-state index in [0.717, 1.165) is 30.3 Å². The third kappa shape index (κ3) is 6.11. The standard InChI is InChI=1S/C25H20F5N7O/c1-3-21(38)33-16-4-5-19(26)20(9-16)35-24-18(11-31-25(36-24)34-17-10-32-37(2)12-17)13-6-14(22(27)28)8-15(7-13)23(29)30/h3-12,22-23H,1H2,2H3,(H,33,38)(H2,31,34,35,36). The van der Waals surface area contributed by atoms with Crippen LogP contribution >= 0.6 is 0 Å². The molecule has 0 fully saturated rings. The van der Waals surface area contributed by atoms with E-state index >= 15 is 0 Å². The fourth-order valence-electron chi connectivity index (χ4n) is 3.47. The number of halogens is 5. The summed E-state index contributed by atoms with van der Waals surface area (Å²) in [7, 11) is 1.69. The summed E-state index contributed by atoms with van der Waals surface area (Å²) in [6.45, 7) is 3.36. The zero-order valence-corrected chi connectivity index (χ0v) is 19.7. The zero-order chi connectivity index (χ0) is 27.4. The fraction of sp³-hybridized carbons (Fsp3) is 0.120. The first-order valence-corrected chi connectivity index (χ1v) is 11.0. The molecule has 0 unspecified atom stereocenters. The number of rotatable bonds is 9. The van der Waals surface area contributed by atoms with Crippen LogP contribution in [-0.2, 0) is 11.8 Å². The van der Waals surface area contributed by atoms with E-state index in [0.29, 0.717) is 5.69 Å². The molecule has 0 radical (unpaired) electrons. The minimum Gasteiger partial charge on any atom is -0.337 e. The summed E-state index contributed by atoms with van der Waals surface area (Å²) in [5.41, 5.74) is -0.633. The van der Waals surface area contributed by atoms with Gasteiger partial charge in [-0.2, -0.15) is 10.1 Å². The molecule has 4 aromatic rings. The summed E-state index contributed by atoms with van der Waals surface area (Å²) in [6.07, 6.45) is -0.632. The predicted molar refractivity (Wildman–Crippen MR) is 132 cm³/mol. The Balaban J connectivity index is 1.82. The maximum atomic E-state index is 14.7. The van der Waals surface area contributed by atoms with Crippen LogP contribution < -0.4 is 16.0 Å². The van der Waals surface area contributed by atoms with Crippen molar-refractivity contribution >= 4 is 34.7 Å². The minimum absolute atomic E-state index is 0.0277. The van der Waals surface area contributed by atoms with Crippen LogP contribution in [0.5, 0.6) is 0 Å². The smallest absolute Gasteiger partial charge is 0.263 e. The minimum atomic E-state index is -3.01. The first kappa shape index (κ1) is 26.3. The molecule has 13 heteroatoms. The maximum Gasteiger partial charge on any atom is 0.263 e. The molecule has 2 aromatic carbocycles. The molecule has 3 N–H and O–H groups in total. The topological polar surface area (TPSA) is 96.8 Å². The molecule has 4 rings (SSSR count). The summed E-state index contributed by atoms with van der Waals surface area (Å²) in [5.74, 6) is -1.32. The number of aromatic nitrogens is 4. The lowest BCUT2D eigenvalue weighted by Gasteiger charge is -2.16. The molecule has 0 aliphatic rings. The van der Waals surface area contributed by atoms with Crippen molar-refractivity contribution in [3.8, 4) is 11.1 Å². The van der Waals surface area contributed by atoms with Gasteiger partial charge in [-0.3, -0.25) is 9.48 Å². The van der Waals surface area contributed by atoms with Gasteiger partial charge in [0.1, 0.15) is 11.6 Å². The van der Waals surface area contributed by atoms with Crippen molar-refractivity contribution < 1.29 is 26.7 Å². The third-order valence-corrected chi connectivity index (χ3v) is 5.21. The van der Waals surface area contributed by atoms with Crippen molar-refractivity contribution in [2.24, 2.45) is 7.05 Å². The van der Waals surface area contributed by atoms with Crippen molar-refractivity contribution in [2.45, 2.75) is 12.9 Å². The average molecular weight is 529 g/mol. The van der Waals surface area contributed by atoms with E-state index in [2.05, 4.69) is 37.6 Å². The van der Waals surface area contributed by atoms with Crippen molar-refractivity contribution in [3.63, 3.8) is 0 Å². The molecule has 196 valence electrons. The van der Waals surface area contributed by atoms with Crippen LogP contribution in [0.2, 0.25) is 0 Å². The summed E-state index contributed by atoms with van der Waals surface area (Å²) in [4.78, 5) is 20.2. The van der Waals surface area contributed by atoms with E-state index in [1.165, 1.54) is 29.2 Å². The Morgan fingerprint density at radius 1 is 1.00 bits per heavy atom. The fourth-order valence-corrected chi connectivity index (χ4v) is 3.47. The Morgan fingerprint density at radius 2 is 1.71 bits per heavy atom. The van der Waals surface area contributed by atoms with Crippen molar-refractivity contribution in [2.75, 3.05) is 16.0 Å². The Bertz CT molecular complexity index is 1460. The summed E-state index contributed by atoms with van der Waals surface area (Å²) in [5, 5.41) is 12.2. The monoisotopic (exact) mass is 529 g/mol. The Kier molecular flexibility index (Phi) is 7.65. The van der Waals surface area contributed by atoms with Crippen LogP contribution in [0.4, 0.5) is 50.8 Å². The third-order valence-electron chi connectivity index (χ3n) is 5.21. The highest BCUT2D eigenvalue weighted by Gasteiger charge is 2.19. The normalized spacial score (nSPS) is 11.1. The van der Waals surface area contributed by atoms with E-state index in [4.69, 9.17) is 0 Å². The molecule has 0 saturated heterocycles. The Hall–Kier alpha value is -4.81. The van der Waals surface area contributed by atoms with Gasteiger partial charge in [0.25, 0.3) is 12.9 Å². The molecule has 0 aliphatic heterocycles. The van der Waals surface area contributed by atoms with E-state index < -0.39 is 35.7 Å². The molecule has 0 spiro atoms. The average Bonchev–Trinajstić information content (AvgIpc) is 3.30. The first-order valence-electron chi connectivity index (χ1n) is 11.0. The van der Waals surface area contributed by atoms with Crippen molar-refractivity contribution in [1.29, 1.82) is 0 Å². The van der Waals surface area contributed by atoms with Crippen molar-refractivity contribution in [1.82, 2.24) is 19.7 Å².